The summed E-state index contributed by atoms with van der Waals surface area (Å²) in [6.07, 6.45) is 0.280. The highest BCUT2D eigenvalue weighted by molar-refractivity contribution is 6.21. The van der Waals surface area contributed by atoms with E-state index < -0.39 is 0 Å². The molecule has 0 aliphatic heterocycles. The van der Waals surface area contributed by atoms with Crippen molar-refractivity contribution in [3.8, 4) is 5.75 Å². The van der Waals surface area contributed by atoms with Crippen molar-refractivity contribution in [2.75, 3.05) is 13.7 Å². The Balaban J connectivity index is 1.88. The Morgan fingerprint density at radius 1 is 1.14 bits per heavy atom. The fourth-order valence-corrected chi connectivity index (χ4v) is 2.29. The molecule has 0 radical (unpaired) electrons. The van der Waals surface area contributed by atoms with Crippen molar-refractivity contribution in [2.24, 2.45) is 0 Å². The van der Waals surface area contributed by atoms with Crippen LogP contribution in [0, 0.1) is 0 Å². The van der Waals surface area contributed by atoms with Gasteiger partial charge in [-0.3, -0.25) is 4.79 Å². The summed E-state index contributed by atoms with van der Waals surface area (Å²) in [7, 11) is 1.60. The average Bonchev–Trinajstić information content (AvgIpc) is 2.54. The Morgan fingerprint density at radius 2 is 1.81 bits per heavy atom. The molecule has 0 spiro atoms. The zero-order valence-corrected chi connectivity index (χ0v) is 12.6. The number of methoxy groups -OCH3 is 1. The van der Waals surface area contributed by atoms with Gasteiger partial charge in [0.25, 0.3) is 0 Å². The van der Waals surface area contributed by atoms with E-state index in [1.807, 2.05) is 54.6 Å². The predicted molar refractivity (Wildman–Crippen MR) is 84.7 cm³/mol. The van der Waals surface area contributed by atoms with Gasteiger partial charge in [0, 0.05) is 12.1 Å². The van der Waals surface area contributed by atoms with Crippen LogP contribution in [0.15, 0.2) is 54.6 Å². The molecule has 0 aliphatic rings. The van der Waals surface area contributed by atoms with E-state index in [1.54, 1.807) is 7.11 Å². The maximum Gasteiger partial charge on any atom is 0.224 e. The van der Waals surface area contributed by atoms with Gasteiger partial charge in [0.1, 0.15) is 5.75 Å². The molecule has 0 heterocycles. The lowest BCUT2D eigenvalue weighted by molar-refractivity contribution is -0.120. The maximum absolute atomic E-state index is 12.0. The highest BCUT2D eigenvalue weighted by Crippen LogP contribution is 2.20. The molecule has 0 aliphatic carbocycles. The van der Waals surface area contributed by atoms with Crippen molar-refractivity contribution in [3.63, 3.8) is 0 Å². The molecule has 2 aromatic rings. The van der Waals surface area contributed by atoms with Crippen molar-refractivity contribution in [1.29, 1.82) is 0 Å². The number of ether oxygens (including phenoxy) is 1. The van der Waals surface area contributed by atoms with Crippen LogP contribution in [0.1, 0.15) is 16.5 Å². The lowest BCUT2D eigenvalue weighted by atomic mass is 10.1. The maximum atomic E-state index is 12.0. The monoisotopic (exact) mass is 303 g/mol. The largest absolute Gasteiger partial charge is 0.496 e. The summed E-state index contributed by atoms with van der Waals surface area (Å²) in [6.45, 7) is 0.402. The van der Waals surface area contributed by atoms with Gasteiger partial charge in [-0.2, -0.15) is 0 Å². The van der Waals surface area contributed by atoms with Gasteiger partial charge in [-0.25, -0.2) is 0 Å². The second kappa shape index (κ2) is 7.70. The smallest absolute Gasteiger partial charge is 0.224 e. The van der Waals surface area contributed by atoms with Crippen molar-refractivity contribution < 1.29 is 9.53 Å². The van der Waals surface area contributed by atoms with Crippen LogP contribution < -0.4 is 10.1 Å². The van der Waals surface area contributed by atoms with Crippen LogP contribution in [-0.2, 0) is 11.2 Å². The van der Waals surface area contributed by atoms with Gasteiger partial charge < -0.3 is 10.1 Å². The van der Waals surface area contributed by atoms with Crippen LogP contribution in [0.5, 0.6) is 5.75 Å². The number of hydrogen-bond donors (Lipinski definition) is 1. The molecule has 0 saturated carbocycles. The number of para-hydroxylation sites is 1. The lowest BCUT2D eigenvalue weighted by Gasteiger charge is -2.12. The molecule has 1 unspecified atom stereocenters. The molecule has 3 nitrogen and oxygen atoms in total. The third-order valence-corrected chi connectivity index (χ3v) is 3.59. The quantitative estimate of drug-likeness (QED) is 0.831. The summed E-state index contributed by atoms with van der Waals surface area (Å²) >= 11 is 6.27. The van der Waals surface area contributed by atoms with Crippen LogP contribution in [0.25, 0.3) is 0 Å². The van der Waals surface area contributed by atoms with E-state index >= 15 is 0 Å². The number of nitrogens with one attached hydrogen (secondary N) is 1. The number of amides is 1. The average molecular weight is 304 g/mol. The van der Waals surface area contributed by atoms with Gasteiger partial charge in [0.05, 0.1) is 18.9 Å². The fourth-order valence-electron chi connectivity index (χ4n) is 2.07. The Morgan fingerprint density at radius 3 is 2.52 bits per heavy atom. The Kier molecular flexibility index (Phi) is 5.64. The van der Waals surface area contributed by atoms with Gasteiger partial charge >= 0.3 is 0 Å². The summed E-state index contributed by atoms with van der Waals surface area (Å²) in [5.74, 6) is 0.652. The molecular weight excluding hydrogens is 286 g/mol. The number of carbonyl (C=O) groups is 1. The second-order valence-corrected chi connectivity index (χ2v) is 5.20. The molecular formula is C17H18ClNO2. The van der Waals surface area contributed by atoms with Gasteiger partial charge in [-0.1, -0.05) is 48.5 Å². The summed E-state index contributed by atoms with van der Waals surface area (Å²) < 4.78 is 5.24. The molecule has 2 aromatic carbocycles. The minimum atomic E-state index is -0.229. The van der Waals surface area contributed by atoms with Crippen LogP contribution in [-0.4, -0.2) is 19.6 Å². The molecule has 0 saturated heterocycles. The first-order valence-electron chi connectivity index (χ1n) is 6.78. The van der Waals surface area contributed by atoms with Crippen molar-refractivity contribution in [3.05, 3.63) is 65.7 Å². The minimum absolute atomic E-state index is 0.0684. The Labute approximate surface area is 129 Å². The van der Waals surface area contributed by atoms with Gasteiger partial charge in [-0.15, -0.1) is 11.6 Å². The predicted octanol–water partition coefficient (Wildman–Crippen LogP) is 3.33. The van der Waals surface area contributed by atoms with E-state index in [-0.39, 0.29) is 17.7 Å². The molecule has 110 valence electrons. The summed E-state index contributed by atoms with van der Waals surface area (Å²) in [6, 6.07) is 17.2. The van der Waals surface area contributed by atoms with E-state index in [0.717, 1.165) is 16.9 Å². The van der Waals surface area contributed by atoms with Crippen LogP contribution in [0.4, 0.5) is 0 Å². The summed E-state index contributed by atoms with van der Waals surface area (Å²) in [5.41, 5.74) is 1.86. The molecule has 0 fully saturated rings. The molecule has 0 aromatic heterocycles. The summed E-state index contributed by atoms with van der Waals surface area (Å²) in [5, 5.41) is 2.63. The molecule has 1 N–H and O–H groups in total. The van der Waals surface area contributed by atoms with E-state index in [9.17, 15) is 4.79 Å². The standard InChI is InChI=1S/C17H18ClNO2/c1-21-16-10-6-5-9-14(16)11-17(20)19-12-15(18)13-7-3-2-4-8-13/h2-10,15H,11-12H2,1H3,(H,19,20). The minimum Gasteiger partial charge on any atom is -0.496 e. The third kappa shape index (κ3) is 4.50. The molecule has 1 atom stereocenters. The number of halogens is 1. The van der Waals surface area contributed by atoms with Crippen molar-refractivity contribution in [2.45, 2.75) is 11.8 Å². The molecule has 2 rings (SSSR count). The molecule has 1 amide bonds. The van der Waals surface area contributed by atoms with Crippen molar-refractivity contribution >= 4 is 17.5 Å². The van der Waals surface area contributed by atoms with E-state index in [1.165, 1.54) is 0 Å². The molecule has 0 bridgehead atoms. The number of carbonyl (C=O) groups excluding carboxylic acids is 1. The second-order valence-electron chi connectivity index (χ2n) is 4.67. The first-order chi connectivity index (χ1) is 10.2. The number of rotatable bonds is 6. The third-order valence-electron chi connectivity index (χ3n) is 3.18. The van der Waals surface area contributed by atoms with E-state index in [4.69, 9.17) is 16.3 Å². The van der Waals surface area contributed by atoms with Crippen LogP contribution >= 0.6 is 11.6 Å². The Bertz CT molecular complexity index is 586. The van der Waals surface area contributed by atoms with Gasteiger partial charge in [0.15, 0.2) is 0 Å². The fraction of sp³-hybridized carbons (Fsp3) is 0.235. The van der Waals surface area contributed by atoms with Crippen LogP contribution in [0.2, 0.25) is 0 Å². The van der Waals surface area contributed by atoms with Crippen LogP contribution in [0.3, 0.4) is 0 Å². The molecule has 4 heteroatoms. The highest BCUT2D eigenvalue weighted by Gasteiger charge is 2.11. The number of alkyl halides is 1. The zero-order chi connectivity index (χ0) is 15.1. The van der Waals surface area contributed by atoms with Gasteiger partial charge in [0.2, 0.25) is 5.91 Å². The lowest BCUT2D eigenvalue weighted by Crippen LogP contribution is -2.28. The molecule has 21 heavy (non-hydrogen) atoms. The SMILES string of the molecule is COc1ccccc1CC(=O)NCC(Cl)c1ccccc1. The van der Waals surface area contributed by atoms with Crippen molar-refractivity contribution in [1.82, 2.24) is 5.32 Å². The number of benzene rings is 2. The number of hydrogen-bond acceptors (Lipinski definition) is 2. The van der Waals surface area contributed by atoms with E-state index in [2.05, 4.69) is 5.32 Å². The topological polar surface area (TPSA) is 38.3 Å². The zero-order valence-electron chi connectivity index (χ0n) is 11.9. The first kappa shape index (κ1) is 15.4. The first-order valence-corrected chi connectivity index (χ1v) is 7.22. The summed E-state index contributed by atoms with van der Waals surface area (Å²) in [4.78, 5) is 12.0. The highest BCUT2D eigenvalue weighted by atomic mass is 35.5. The van der Waals surface area contributed by atoms with Gasteiger partial charge in [-0.05, 0) is 11.6 Å². The normalized spacial score (nSPS) is 11.7. The van der Waals surface area contributed by atoms with E-state index in [0.29, 0.717) is 6.54 Å². The Hall–Kier alpha value is -2.00.